The Kier molecular flexibility index (Phi) is 6.61. The minimum atomic E-state index is 1.12. The van der Waals surface area contributed by atoms with E-state index in [1.807, 2.05) is 0 Å². The molecule has 0 bridgehead atoms. The fourth-order valence-electron chi connectivity index (χ4n) is 5.63. The molecule has 0 fully saturated rings. The first kappa shape index (κ1) is 24.6. The van der Waals surface area contributed by atoms with E-state index in [1.165, 1.54) is 44.2 Å². The Morgan fingerprint density at radius 3 is 1.61 bits per heavy atom. The zero-order valence-corrected chi connectivity index (χ0v) is 22.7. The number of fused-ring (bicyclic) bond motifs is 1. The summed E-state index contributed by atoms with van der Waals surface area (Å²) < 4.78 is 0. The first-order chi connectivity index (χ1) is 20.3. The Hall–Kier alpha value is -5.40. The minimum Gasteiger partial charge on any atom is -0.310 e. The lowest BCUT2D eigenvalue weighted by Gasteiger charge is -2.26. The summed E-state index contributed by atoms with van der Waals surface area (Å²) in [5, 5.41) is 2.53. The molecule has 41 heavy (non-hydrogen) atoms. The van der Waals surface area contributed by atoms with E-state index < -0.39 is 0 Å². The topological polar surface area (TPSA) is 3.24 Å². The quantitative estimate of drug-likeness (QED) is 0.209. The lowest BCUT2D eigenvalue weighted by atomic mass is 9.95. The summed E-state index contributed by atoms with van der Waals surface area (Å²) in [7, 11) is 0. The van der Waals surface area contributed by atoms with E-state index in [0.717, 1.165) is 17.1 Å². The Balaban J connectivity index is 1.29. The largest absolute Gasteiger partial charge is 0.310 e. The van der Waals surface area contributed by atoms with Crippen LogP contribution in [0.3, 0.4) is 0 Å². The first-order valence-corrected chi connectivity index (χ1v) is 14.0. The molecule has 1 heteroatoms. The van der Waals surface area contributed by atoms with Crippen molar-refractivity contribution in [3.8, 4) is 33.4 Å². The van der Waals surface area contributed by atoms with Crippen molar-refractivity contribution >= 4 is 27.8 Å². The van der Waals surface area contributed by atoms with Crippen LogP contribution in [-0.2, 0) is 0 Å². The molecule has 0 aromatic heterocycles. The number of para-hydroxylation sites is 1. The highest BCUT2D eigenvalue weighted by atomic mass is 15.1. The van der Waals surface area contributed by atoms with Gasteiger partial charge in [0.25, 0.3) is 0 Å². The molecule has 0 spiro atoms. The van der Waals surface area contributed by atoms with Gasteiger partial charge in [0.2, 0.25) is 0 Å². The summed E-state index contributed by atoms with van der Waals surface area (Å²) in [4.78, 5) is 2.33. The second-order valence-electron chi connectivity index (χ2n) is 10.2. The zero-order valence-electron chi connectivity index (χ0n) is 22.7. The highest BCUT2D eigenvalue weighted by Crippen LogP contribution is 2.38. The Labute approximate surface area is 241 Å². The summed E-state index contributed by atoms with van der Waals surface area (Å²) in [6, 6.07) is 62.8. The third kappa shape index (κ3) is 5.02. The van der Waals surface area contributed by atoms with Gasteiger partial charge in [0.05, 0.1) is 0 Å². The van der Waals surface area contributed by atoms with Crippen LogP contribution in [0.4, 0.5) is 17.1 Å². The summed E-state index contributed by atoms with van der Waals surface area (Å²) in [5.74, 6) is 0. The van der Waals surface area contributed by atoms with E-state index in [0.29, 0.717) is 0 Å². The van der Waals surface area contributed by atoms with Crippen molar-refractivity contribution in [2.45, 2.75) is 0 Å². The zero-order chi connectivity index (χ0) is 27.4. The number of hydrogen-bond acceptors (Lipinski definition) is 1. The van der Waals surface area contributed by atoms with Crippen LogP contribution in [0, 0.1) is 0 Å². The summed E-state index contributed by atoms with van der Waals surface area (Å²) in [5.41, 5.74) is 10.7. The van der Waals surface area contributed by atoms with E-state index in [2.05, 4.69) is 181 Å². The van der Waals surface area contributed by atoms with E-state index in [9.17, 15) is 0 Å². The average molecular weight is 524 g/mol. The van der Waals surface area contributed by atoms with Crippen molar-refractivity contribution < 1.29 is 0 Å². The molecule has 0 heterocycles. The van der Waals surface area contributed by atoms with Crippen LogP contribution < -0.4 is 4.90 Å². The van der Waals surface area contributed by atoms with Gasteiger partial charge in [-0.25, -0.2) is 0 Å². The van der Waals surface area contributed by atoms with Crippen LogP contribution in [0.15, 0.2) is 176 Å². The van der Waals surface area contributed by atoms with Crippen molar-refractivity contribution in [2.24, 2.45) is 0 Å². The van der Waals surface area contributed by atoms with Gasteiger partial charge in [0, 0.05) is 17.1 Å². The molecule has 0 unspecified atom stereocenters. The molecule has 0 saturated carbocycles. The van der Waals surface area contributed by atoms with Crippen molar-refractivity contribution in [3.63, 3.8) is 0 Å². The minimum absolute atomic E-state index is 1.12. The van der Waals surface area contributed by atoms with Crippen molar-refractivity contribution in [2.75, 3.05) is 4.90 Å². The van der Waals surface area contributed by atoms with Crippen LogP contribution >= 0.6 is 0 Å². The van der Waals surface area contributed by atoms with Crippen molar-refractivity contribution in [3.05, 3.63) is 176 Å². The van der Waals surface area contributed by atoms with Gasteiger partial charge in [-0.1, -0.05) is 133 Å². The molecule has 0 aliphatic heterocycles. The second-order valence-corrected chi connectivity index (χ2v) is 10.2. The van der Waals surface area contributed by atoms with Gasteiger partial charge >= 0.3 is 0 Å². The van der Waals surface area contributed by atoms with E-state index in [1.54, 1.807) is 0 Å². The average Bonchev–Trinajstić information content (AvgIpc) is 3.06. The third-order valence-corrected chi connectivity index (χ3v) is 7.65. The molecule has 0 atom stereocenters. The van der Waals surface area contributed by atoms with Gasteiger partial charge in [-0.15, -0.1) is 0 Å². The van der Waals surface area contributed by atoms with Gasteiger partial charge in [0.15, 0.2) is 0 Å². The van der Waals surface area contributed by atoms with Crippen molar-refractivity contribution in [1.82, 2.24) is 0 Å². The number of rotatable bonds is 6. The fourth-order valence-corrected chi connectivity index (χ4v) is 5.63. The first-order valence-electron chi connectivity index (χ1n) is 14.0. The Morgan fingerprint density at radius 1 is 0.293 bits per heavy atom. The van der Waals surface area contributed by atoms with Crippen LogP contribution in [0.5, 0.6) is 0 Å². The van der Waals surface area contributed by atoms with Gasteiger partial charge in [-0.2, -0.15) is 0 Å². The monoisotopic (exact) mass is 523 g/mol. The summed E-state index contributed by atoms with van der Waals surface area (Å²) in [6.45, 7) is 0. The summed E-state index contributed by atoms with van der Waals surface area (Å²) in [6.07, 6.45) is 0. The molecule has 0 N–H and O–H groups in total. The van der Waals surface area contributed by atoms with E-state index >= 15 is 0 Å². The molecule has 0 aliphatic carbocycles. The van der Waals surface area contributed by atoms with Gasteiger partial charge < -0.3 is 4.90 Å². The molecule has 0 amide bonds. The maximum absolute atomic E-state index is 2.33. The molecule has 7 aromatic rings. The standard InChI is InChI=1S/C40H29N/c1-3-12-30(13-4-1)31-24-26-37(27-25-31)41(36-19-5-2-6-20-36)38-21-10-17-34(29-38)33-16-9-18-35(28-33)40-23-11-15-32-14-7-8-22-39(32)40/h1-29H. The van der Waals surface area contributed by atoms with Crippen LogP contribution in [0.25, 0.3) is 44.2 Å². The maximum Gasteiger partial charge on any atom is 0.0467 e. The second kappa shape index (κ2) is 11.0. The highest BCUT2D eigenvalue weighted by molar-refractivity contribution is 5.97. The van der Waals surface area contributed by atoms with Gasteiger partial charge in [-0.05, 0) is 86.6 Å². The molecular weight excluding hydrogens is 494 g/mol. The predicted molar refractivity (Wildman–Crippen MR) is 175 cm³/mol. The SMILES string of the molecule is c1ccc(-c2ccc(N(c3ccccc3)c3cccc(-c4cccc(-c5cccc6ccccc56)c4)c3)cc2)cc1. The lowest BCUT2D eigenvalue weighted by molar-refractivity contribution is 1.28. The molecule has 7 aromatic carbocycles. The van der Waals surface area contributed by atoms with Gasteiger partial charge in [0.1, 0.15) is 0 Å². The fraction of sp³-hybridized carbons (Fsp3) is 0. The van der Waals surface area contributed by atoms with E-state index in [-0.39, 0.29) is 0 Å². The molecule has 1 nitrogen and oxygen atoms in total. The lowest BCUT2D eigenvalue weighted by Crippen LogP contribution is -2.09. The Morgan fingerprint density at radius 2 is 0.805 bits per heavy atom. The smallest absolute Gasteiger partial charge is 0.0467 e. The number of anilines is 3. The van der Waals surface area contributed by atoms with Crippen molar-refractivity contribution in [1.29, 1.82) is 0 Å². The van der Waals surface area contributed by atoms with Gasteiger partial charge in [-0.3, -0.25) is 0 Å². The third-order valence-electron chi connectivity index (χ3n) is 7.65. The molecule has 194 valence electrons. The Bertz CT molecular complexity index is 1920. The van der Waals surface area contributed by atoms with Crippen LogP contribution in [0.1, 0.15) is 0 Å². The number of hydrogen-bond donors (Lipinski definition) is 0. The van der Waals surface area contributed by atoms with Crippen LogP contribution in [0.2, 0.25) is 0 Å². The molecule has 7 rings (SSSR count). The normalized spacial score (nSPS) is 10.9. The molecule has 0 radical (unpaired) electrons. The highest BCUT2D eigenvalue weighted by Gasteiger charge is 2.14. The number of benzene rings is 7. The maximum atomic E-state index is 2.33. The predicted octanol–water partition coefficient (Wildman–Crippen LogP) is 11.3. The number of nitrogens with zero attached hydrogens (tertiary/aromatic N) is 1. The molecule has 0 saturated heterocycles. The molecular formula is C40H29N. The van der Waals surface area contributed by atoms with E-state index in [4.69, 9.17) is 0 Å². The van der Waals surface area contributed by atoms with Crippen LogP contribution in [-0.4, -0.2) is 0 Å². The summed E-state index contributed by atoms with van der Waals surface area (Å²) >= 11 is 0. The molecule has 0 aliphatic rings.